The van der Waals surface area contributed by atoms with Gasteiger partial charge in [-0.3, -0.25) is 0 Å². The normalized spacial score (nSPS) is 10.1. The van der Waals surface area contributed by atoms with Crippen molar-refractivity contribution in [2.75, 3.05) is 6.61 Å². The third-order valence-electron chi connectivity index (χ3n) is 2.14. The molecule has 0 aliphatic rings. The van der Waals surface area contributed by atoms with Crippen molar-refractivity contribution >= 4 is 11.6 Å². The van der Waals surface area contributed by atoms with Gasteiger partial charge >= 0.3 is 0 Å². The summed E-state index contributed by atoms with van der Waals surface area (Å²) in [5.74, 6) is 0.793. The van der Waals surface area contributed by atoms with Crippen LogP contribution >= 0.6 is 11.6 Å². The lowest BCUT2D eigenvalue weighted by Crippen LogP contribution is -1.94. The molecular formula is C12H11ClN2O. The van der Waals surface area contributed by atoms with Crippen LogP contribution in [0.4, 0.5) is 0 Å². The summed E-state index contributed by atoms with van der Waals surface area (Å²) in [6, 6.07) is 7.70. The fraction of sp³-hybridized carbons (Fsp3) is 0.167. The van der Waals surface area contributed by atoms with Gasteiger partial charge in [0.1, 0.15) is 17.2 Å². The quantitative estimate of drug-likeness (QED) is 0.765. The van der Waals surface area contributed by atoms with Crippen LogP contribution in [0.1, 0.15) is 6.92 Å². The van der Waals surface area contributed by atoms with E-state index in [0.29, 0.717) is 11.8 Å². The number of para-hydroxylation sites is 1. The summed E-state index contributed by atoms with van der Waals surface area (Å²) in [4.78, 5) is 7.93. The maximum atomic E-state index is 6.02. The molecule has 0 unspecified atom stereocenters. The number of ether oxygens (including phenoxy) is 1. The lowest BCUT2D eigenvalue weighted by molar-refractivity contribution is 0.341. The molecule has 0 spiro atoms. The van der Waals surface area contributed by atoms with Crippen molar-refractivity contribution in [2.24, 2.45) is 0 Å². The molecule has 0 radical (unpaired) electrons. The van der Waals surface area contributed by atoms with Gasteiger partial charge in [-0.1, -0.05) is 29.8 Å². The largest absolute Gasteiger partial charge is 0.493 e. The molecule has 0 N–H and O–H groups in total. The average molecular weight is 235 g/mol. The molecule has 0 atom stereocenters. The van der Waals surface area contributed by atoms with Gasteiger partial charge in [0.15, 0.2) is 0 Å². The molecular weight excluding hydrogens is 224 g/mol. The zero-order chi connectivity index (χ0) is 11.4. The monoisotopic (exact) mass is 234 g/mol. The van der Waals surface area contributed by atoms with Crippen molar-refractivity contribution in [2.45, 2.75) is 6.92 Å². The minimum absolute atomic E-state index is 0.433. The number of hydrogen-bond acceptors (Lipinski definition) is 3. The summed E-state index contributed by atoms with van der Waals surface area (Å²) in [5.41, 5.74) is 1.70. The minimum Gasteiger partial charge on any atom is -0.493 e. The Morgan fingerprint density at radius 1 is 1.25 bits per heavy atom. The van der Waals surface area contributed by atoms with Gasteiger partial charge in [0.05, 0.1) is 6.61 Å². The molecule has 1 heterocycles. The Balaban J connectivity index is 2.51. The topological polar surface area (TPSA) is 35.0 Å². The minimum atomic E-state index is 0.433. The first-order chi connectivity index (χ1) is 7.83. The summed E-state index contributed by atoms with van der Waals surface area (Å²) < 4.78 is 5.53. The van der Waals surface area contributed by atoms with Crippen LogP contribution in [0.15, 0.2) is 36.8 Å². The van der Waals surface area contributed by atoms with E-state index >= 15 is 0 Å². The second kappa shape index (κ2) is 4.94. The van der Waals surface area contributed by atoms with Gasteiger partial charge in [-0.15, -0.1) is 0 Å². The Morgan fingerprint density at radius 2 is 2.06 bits per heavy atom. The standard InChI is InChI=1S/C12H11ClN2O/c1-2-16-11-6-4-3-5-9(11)10-7-14-8-15-12(10)13/h3-8H,2H2,1H3. The second-order valence-corrected chi connectivity index (χ2v) is 3.51. The smallest absolute Gasteiger partial charge is 0.140 e. The van der Waals surface area contributed by atoms with E-state index in [1.165, 1.54) is 6.33 Å². The highest BCUT2D eigenvalue weighted by Gasteiger charge is 2.09. The second-order valence-electron chi connectivity index (χ2n) is 3.16. The Hall–Kier alpha value is -1.61. The van der Waals surface area contributed by atoms with Gasteiger partial charge in [-0.2, -0.15) is 0 Å². The first-order valence-corrected chi connectivity index (χ1v) is 5.38. The van der Waals surface area contributed by atoms with Gasteiger partial charge in [-0.05, 0) is 13.0 Å². The predicted molar refractivity (Wildman–Crippen MR) is 63.6 cm³/mol. The molecule has 0 aliphatic carbocycles. The molecule has 2 rings (SSSR count). The van der Waals surface area contributed by atoms with Crippen LogP contribution in [0.5, 0.6) is 5.75 Å². The number of halogens is 1. The summed E-state index contributed by atoms with van der Waals surface area (Å²) >= 11 is 6.02. The maximum Gasteiger partial charge on any atom is 0.140 e. The first kappa shape index (κ1) is 10.9. The van der Waals surface area contributed by atoms with Crippen molar-refractivity contribution in [3.05, 3.63) is 41.9 Å². The number of hydrogen-bond donors (Lipinski definition) is 0. The summed E-state index contributed by atoms with van der Waals surface area (Å²) in [6.45, 7) is 2.56. The van der Waals surface area contributed by atoms with Crippen LogP contribution in [0.25, 0.3) is 11.1 Å². The van der Waals surface area contributed by atoms with Crippen LogP contribution in [0.3, 0.4) is 0 Å². The van der Waals surface area contributed by atoms with E-state index in [1.807, 2.05) is 31.2 Å². The van der Waals surface area contributed by atoms with E-state index in [0.717, 1.165) is 16.9 Å². The van der Waals surface area contributed by atoms with Crippen LogP contribution in [0.2, 0.25) is 5.15 Å². The van der Waals surface area contributed by atoms with Crippen LogP contribution in [-0.2, 0) is 0 Å². The highest BCUT2D eigenvalue weighted by molar-refractivity contribution is 6.32. The first-order valence-electron chi connectivity index (χ1n) is 5.00. The van der Waals surface area contributed by atoms with Crippen molar-refractivity contribution < 1.29 is 4.74 Å². The van der Waals surface area contributed by atoms with Gasteiger partial charge in [-0.25, -0.2) is 9.97 Å². The summed E-state index contributed by atoms with van der Waals surface area (Å²) in [6.07, 6.45) is 3.11. The van der Waals surface area contributed by atoms with Crippen molar-refractivity contribution in [1.82, 2.24) is 9.97 Å². The zero-order valence-corrected chi connectivity index (χ0v) is 9.61. The molecule has 0 fully saturated rings. The average Bonchev–Trinajstić information content (AvgIpc) is 2.31. The highest BCUT2D eigenvalue weighted by Crippen LogP contribution is 2.32. The molecule has 82 valence electrons. The Bertz CT molecular complexity index is 488. The third kappa shape index (κ3) is 2.14. The molecule has 3 nitrogen and oxygen atoms in total. The molecule has 0 aliphatic heterocycles. The summed E-state index contributed by atoms with van der Waals surface area (Å²) in [7, 11) is 0. The Kier molecular flexibility index (Phi) is 3.37. The highest BCUT2D eigenvalue weighted by atomic mass is 35.5. The number of nitrogens with zero attached hydrogens (tertiary/aromatic N) is 2. The number of benzene rings is 1. The van der Waals surface area contributed by atoms with E-state index in [4.69, 9.17) is 16.3 Å². The van der Waals surface area contributed by atoms with Gasteiger partial charge in [0.25, 0.3) is 0 Å². The van der Waals surface area contributed by atoms with E-state index in [-0.39, 0.29) is 0 Å². The fourth-order valence-corrected chi connectivity index (χ4v) is 1.66. The summed E-state index contributed by atoms with van der Waals surface area (Å²) in [5, 5.41) is 0.433. The lowest BCUT2D eigenvalue weighted by atomic mass is 10.1. The lowest BCUT2D eigenvalue weighted by Gasteiger charge is -2.10. The molecule has 0 saturated carbocycles. The van der Waals surface area contributed by atoms with Gasteiger partial charge < -0.3 is 4.74 Å². The molecule has 0 bridgehead atoms. The van der Waals surface area contributed by atoms with Crippen molar-refractivity contribution in [3.63, 3.8) is 0 Å². The van der Waals surface area contributed by atoms with E-state index in [1.54, 1.807) is 6.20 Å². The van der Waals surface area contributed by atoms with Gasteiger partial charge in [0, 0.05) is 17.3 Å². The van der Waals surface area contributed by atoms with E-state index in [2.05, 4.69) is 9.97 Å². The van der Waals surface area contributed by atoms with Crippen LogP contribution in [0, 0.1) is 0 Å². The Labute approximate surface area is 99.1 Å². The molecule has 4 heteroatoms. The number of aromatic nitrogens is 2. The fourth-order valence-electron chi connectivity index (χ4n) is 1.47. The number of rotatable bonds is 3. The maximum absolute atomic E-state index is 6.02. The SMILES string of the molecule is CCOc1ccccc1-c1cncnc1Cl. The molecule has 0 saturated heterocycles. The van der Waals surface area contributed by atoms with Gasteiger partial charge in [0.2, 0.25) is 0 Å². The van der Waals surface area contributed by atoms with Crippen molar-refractivity contribution in [1.29, 1.82) is 0 Å². The van der Waals surface area contributed by atoms with E-state index < -0.39 is 0 Å². The Morgan fingerprint density at radius 3 is 2.81 bits per heavy atom. The van der Waals surface area contributed by atoms with Crippen molar-refractivity contribution in [3.8, 4) is 16.9 Å². The molecule has 1 aromatic carbocycles. The predicted octanol–water partition coefficient (Wildman–Crippen LogP) is 3.20. The van der Waals surface area contributed by atoms with Crippen LogP contribution in [-0.4, -0.2) is 16.6 Å². The molecule has 1 aromatic heterocycles. The van der Waals surface area contributed by atoms with Crippen LogP contribution < -0.4 is 4.74 Å². The molecule has 16 heavy (non-hydrogen) atoms. The molecule has 0 amide bonds. The third-order valence-corrected chi connectivity index (χ3v) is 2.44. The van der Waals surface area contributed by atoms with E-state index in [9.17, 15) is 0 Å². The molecule has 2 aromatic rings. The zero-order valence-electron chi connectivity index (χ0n) is 8.85.